The molecular weight excluding hydrogens is 207 g/mol. The molecule has 1 aliphatic heterocycles. The van der Waals surface area contributed by atoms with Crippen LogP contribution in [0.25, 0.3) is 0 Å². The van der Waals surface area contributed by atoms with Crippen LogP contribution in [0.1, 0.15) is 13.3 Å². The molecule has 0 aromatic carbocycles. The van der Waals surface area contributed by atoms with Gasteiger partial charge in [-0.3, -0.25) is 4.79 Å². The summed E-state index contributed by atoms with van der Waals surface area (Å²) in [7, 11) is 1.36. The van der Waals surface area contributed by atoms with Gasteiger partial charge in [-0.15, -0.1) is 0 Å². The minimum atomic E-state index is -1.27. The Bertz CT molecular complexity index is 223. The second-order valence-corrected chi connectivity index (χ2v) is 3.39. The maximum Gasteiger partial charge on any atom is 0.302 e. The molecule has 4 atom stereocenters. The summed E-state index contributed by atoms with van der Waals surface area (Å²) in [5.74, 6) is -0.492. The first-order valence-electron chi connectivity index (χ1n) is 4.68. The Morgan fingerprint density at radius 1 is 1.67 bits per heavy atom. The lowest BCUT2D eigenvalue weighted by atomic mass is 10.0. The molecule has 5 nitrogen and oxygen atoms in total. The highest BCUT2D eigenvalue weighted by Gasteiger charge is 2.40. The van der Waals surface area contributed by atoms with Crippen molar-refractivity contribution in [1.82, 2.24) is 0 Å². The molecule has 0 radical (unpaired) electrons. The van der Waals surface area contributed by atoms with Gasteiger partial charge in [0.15, 0.2) is 6.29 Å². The summed E-state index contributed by atoms with van der Waals surface area (Å²) in [6.07, 6.45) is -3.27. The molecule has 0 bridgehead atoms. The smallest absolute Gasteiger partial charge is 0.302 e. The fraction of sp³-hybridized carbons (Fsp3) is 0.889. The van der Waals surface area contributed by atoms with E-state index in [1.54, 1.807) is 0 Å². The first-order chi connectivity index (χ1) is 7.08. The van der Waals surface area contributed by atoms with E-state index >= 15 is 0 Å². The van der Waals surface area contributed by atoms with E-state index in [4.69, 9.17) is 14.2 Å². The van der Waals surface area contributed by atoms with E-state index in [0.717, 1.165) is 0 Å². The monoisotopic (exact) mass is 222 g/mol. The van der Waals surface area contributed by atoms with Crippen LogP contribution in [0.4, 0.5) is 4.39 Å². The van der Waals surface area contributed by atoms with Crippen LogP contribution >= 0.6 is 0 Å². The average Bonchev–Trinajstić information content (AvgIpc) is 2.16. The minimum absolute atomic E-state index is 0.186. The van der Waals surface area contributed by atoms with E-state index in [1.165, 1.54) is 14.0 Å². The molecule has 1 fully saturated rings. The largest absolute Gasteiger partial charge is 0.459 e. The zero-order valence-electron chi connectivity index (χ0n) is 8.68. The second kappa shape index (κ2) is 5.39. The number of hydrogen-bond donors (Lipinski definition) is 1. The Morgan fingerprint density at radius 3 is 2.80 bits per heavy atom. The van der Waals surface area contributed by atoms with E-state index < -0.39 is 37.2 Å². The van der Waals surface area contributed by atoms with Crippen molar-refractivity contribution in [3.05, 3.63) is 0 Å². The van der Waals surface area contributed by atoms with Crippen molar-refractivity contribution in [1.29, 1.82) is 0 Å². The van der Waals surface area contributed by atoms with Crippen LogP contribution in [0.15, 0.2) is 0 Å². The summed E-state index contributed by atoms with van der Waals surface area (Å²) in [6, 6.07) is 0. The molecule has 1 aliphatic rings. The minimum Gasteiger partial charge on any atom is -0.459 e. The molecule has 0 aliphatic carbocycles. The van der Waals surface area contributed by atoms with Gasteiger partial charge in [0.2, 0.25) is 0 Å². The van der Waals surface area contributed by atoms with Crippen molar-refractivity contribution in [2.75, 3.05) is 13.8 Å². The number of aliphatic hydroxyl groups excluding tert-OH is 1. The number of ether oxygens (including phenoxy) is 3. The van der Waals surface area contributed by atoms with E-state index in [2.05, 4.69) is 0 Å². The van der Waals surface area contributed by atoms with E-state index in [1.807, 2.05) is 0 Å². The first kappa shape index (κ1) is 12.4. The molecule has 0 aromatic rings. The number of rotatable bonds is 3. The van der Waals surface area contributed by atoms with E-state index in [9.17, 15) is 14.3 Å². The van der Waals surface area contributed by atoms with Gasteiger partial charge >= 0.3 is 5.97 Å². The maximum absolute atomic E-state index is 12.4. The molecule has 1 heterocycles. The summed E-state index contributed by atoms with van der Waals surface area (Å²) < 4.78 is 27.2. The standard InChI is InChI=1S/C9H15FO5/c1-5(11)14-7-3-6(4-10)15-9(12)8(7)13-2/h6-9,12H,3-4H2,1-2H3/t6?,7-,8-,9?/m0/s1. The van der Waals surface area contributed by atoms with Crippen LogP contribution in [-0.4, -0.2) is 49.5 Å². The van der Waals surface area contributed by atoms with E-state index in [-0.39, 0.29) is 6.42 Å². The summed E-state index contributed by atoms with van der Waals surface area (Å²) in [5, 5.41) is 9.45. The Balaban J connectivity index is 2.65. The van der Waals surface area contributed by atoms with Crippen LogP contribution in [-0.2, 0) is 19.0 Å². The van der Waals surface area contributed by atoms with Crippen LogP contribution in [0.2, 0.25) is 0 Å². The SMILES string of the molecule is CO[C@@H]1C(O)OC(CF)C[C@@H]1OC(C)=O. The normalized spacial score (nSPS) is 36.3. The number of methoxy groups -OCH3 is 1. The van der Waals surface area contributed by atoms with Crippen LogP contribution < -0.4 is 0 Å². The van der Waals surface area contributed by atoms with Gasteiger partial charge in [-0.05, 0) is 0 Å². The molecule has 0 spiro atoms. The van der Waals surface area contributed by atoms with E-state index in [0.29, 0.717) is 0 Å². The number of hydrogen-bond acceptors (Lipinski definition) is 5. The van der Waals surface area contributed by atoms with Gasteiger partial charge in [-0.25, -0.2) is 4.39 Å². The zero-order valence-corrected chi connectivity index (χ0v) is 8.68. The molecular formula is C9H15FO5. The lowest BCUT2D eigenvalue weighted by Gasteiger charge is -2.37. The van der Waals surface area contributed by atoms with Crippen molar-refractivity contribution in [2.45, 2.75) is 37.9 Å². The number of esters is 1. The lowest BCUT2D eigenvalue weighted by Crippen LogP contribution is -2.51. The Labute approximate surface area is 87.1 Å². The van der Waals surface area contributed by atoms with Crippen molar-refractivity contribution in [3.8, 4) is 0 Å². The fourth-order valence-corrected chi connectivity index (χ4v) is 1.60. The molecule has 2 unspecified atom stereocenters. The zero-order chi connectivity index (χ0) is 11.4. The topological polar surface area (TPSA) is 65.0 Å². The molecule has 1 N–H and O–H groups in total. The van der Waals surface area contributed by atoms with Crippen LogP contribution in [0, 0.1) is 0 Å². The molecule has 6 heteroatoms. The van der Waals surface area contributed by atoms with Crippen molar-refractivity contribution in [3.63, 3.8) is 0 Å². The van der Waals surface area contributed by atoms with Crippen LogP contribution in [0.5, 0.6) is 0 Å². The predicted molar refractivity (Wildman–Crippen MR) is 47.8 cm³/mol. The van der Waals surface area contributed by atoms with Gasteiger partial charge in [0.25, 0.3) is 0 Å². The molecule has 0 aromatic heterocycles. The molecule has 88 valence electrons. The molecule has 0 saturated carbocycles. The van der Waals surface area contributed by atoms with Gasteiger partial charge < -0.3 is 19.3 Å². The molecule has 1 saturated heterocycles. The van der Waals surface area contributed by atoms with Gasteiger partial charge in [0, 0.05) is 20.5 Å². The summed E-state index contributed by atoms with van der Waals surface area (Å²) in [5.41, 5.74) is 0. The third-order valence-electron chi connectivity index (χ3n) is 2.24. The predicted octanol–water partition coefficient (Wildman–Crippen LogP) is 0.00990. The molecule has 15 heavy (non-hydrogen) atoms. The molecule has 0 amide bonds. The fourth-order valence-electron chi connectivity index (χ4n) is 1.60. The third-order valence-corrected chi connectivity index (χ3v) is 2.24. The summed E-state index contributed by atoms with van der Waals surface area (Å²) in [6.45, 7) is 0.518. The van der Waals surface area contributed by atoms with Gasteiger partial charge in [0.05, 0.1) is 6.10 Å². The average molecular weight is 222 g/mol. The number of carbonyl (C=O) groups is 1. The van der Waals surface area contributed by atoms with Gasteiger partial charge in [-0.1, -0.05) is 0 Å². The van der Waals surface area contributed by atoms with Crippen molar-refractivity contribution >= 4 is 5.97 Å². The van der Waals surface area contributed by atoms with Crippen molar-refractivity contribution < 1.29 is 28.5 Å². The third kappa shape index (κ3) is 3.12. The van der Waals surface area contributed by atoms with Crippen LogP contribution in [0.3, 0.4) is 0 Å². The molecule has 1 rings (SSSR count). The Hall–Kier alpha value is -0.720. The number of halogens is 1. The highest BCUT2D eigenvalue weighted by atomic mass is 19.1. The number of aliphatic hydroxyl groups is 1. The van der Waals surface area contributed by atoms with Gasteiger partial charge in [0.1, 0.15) is 18.9 Å². The highest BCUT2D eigenvalue weighted by molar-refractivity contribution is 5.66. The summed E-state index contributed by atoms with van der Waals surface area (Å²) in [4.78, 5) is 10.8. The maximum atomic E-state index is 12.4. The first-order valence-corrected chi connectivity index (χ1v) is 4.68. The highest BCUT2D eigenvalue weighted by Crippen LogP contribution is 2.24. The lowest BCUT2D eigenvalue weighted by molar-refractivity contribution is -0.259. The summed E-state index contributed by atoms with van der Waals surface area (Å²) >= 11 is 0. The Morgan fingerprint density at radius 2 is 2.33 bits per heavy atom. The second-order valence-electron chi connectivity index (χ2n) is 3.39. The quantitative estimate of drug-likeness (QED) is 0.681. The van der Waals surface area contributed by atoms with Gasteiger partial charge in [-0.2, -0.15) is 0 Å². The number of carbonyl (C=O) groups excluding carboxylic acids is 1. The van der Waals surface area contributed by atoms with Crippen molar-refractivity contribution in [2.24, 2.45) is 0 Å². The Kier molecular flexibility index (Phi) is 4.44. The number of alkyl halides is 1.